The second-order valence-electron chi connectivity index (χ2n) is 4.18. The number of benzene rings is 1. The van der Waals surface area contributed by atoms with E-state index in [9.17, 15) is 24.7 Å². The predicted octanol–water partition coefficient (Wildman–Crippen LogP) is 1.21. The molecule has 8 nitrogen and oxygen atoms in total. The largest absolute Gasteiger partial charge is 0.490 e. The highest BCUT2D eigenvalue weighted by atomic mass is 31.2. The Labute approximate surface area is 115 Å². The first-order valence-electron chi connectivity index (χ1n) is 5.85. The van der Waals surface area contributed by atoms with Crippen LogP contribution < -0.4 is 10.5 Å². The summed E-state index contributed by atoms with van der Waals surface area (Å²) in [6.45, 7) is 0.222. The van der Waals surface area contributed by atoms with E-state index in [4.69, 9.17) is 10.5 Å². The maximum atomic E-state index is 12.0. The molecule has 0 aliphatic rings. The van der Waals surface area contributed by atoms with Crippen molar-refractivity contribution >= 4 is 13.1 Å². The summed E-state index contributed by atoms with van der Waals surface area (Å²) < 4.78 is 16.8. The quantitative estimate of drug-likeness (QED) is 0.391. The van der Waals surface area contributed by atoms with E-state index in [2.05, 4.69) is 0 Å². The molecule has 2 atom stereocenters. The van der Waals surface area contributed by atoms with Gasteiger partial charge in [0.05, 0.1) is 12.0 Å². The summed E-state index contributed by atoms with van der Waals surface area (Å²) in [6, 6.07) is 3.64. The van der Waals surface area contributed by atoms with Gasteiger partial charge in [0, 0.05) is 12.2 Å². The molecule has 9 heteroatoms. The third kappa shape index (κ3) is 3.77. The molecule has 20 heavy (non-hydrogen) atoms. The number of hydrogen-bond donors (Lipinski definition) is 3. The van der Waals surface area contributed by atoms with Gasteiger partial charge in [-0.25, -0.2) is 0 Å². The van der Waals surface area contributed by atoms with Crippen molar-refractivity contribution in [3.8, 4) is 5.75 Å². The van der Waals surface area contributed by atoms with Gasteiger partial charge in [0.2, 0.25) is 7.37 Å². The van der Waals surface area contributed by atoms with Gasteiger partial charge in [0.25, 0.3) is 0 Å². The molecule has 0 spiro atoms. The van der Waals surface area contributed by atoms with Crippen LogP contribution in [0.5, 0.6) is 5.75 Å². The van der Waals surface area contributed by atoms with Crippen LogP contribution in [0.3, 0.4) is 0 Å². The van der Waals surface area contributed by atoms with Crippen LogP contribution in [0, 0.1) is 10.1 Å². The SMILES string of the molecule is COc1ccc(C(O)P(=O)(O)CCCN)cc1[N+](=O)[O-]. The predicted molar refractivity (Wildman–Crippen MR) is 73.0 cm³/mol. The summed E-state index contributed by atoms with van der Waals surface area (Å²) in [7, 11) is -2.61. The molecule has 1 aromatic rings. The number of methoxy groups -OCH3 is 1. The lowest BCUT2D eigenvalue weighted by Gasteiger charge is -2.18. The highest BCUT2D eigenvalue weighted by Crippen LogP contribution is 2.54. The molecule has 0 saturated carbocycles. The first-order chi connectivity index (χ1) is 9.33. The Morgan fingerprint density at radius 2 is 2.20 bits per heavy atom. The Kier molecular flexibility index (Phi) is 5.64. The van der Waals surface area contributed by atoms with Crippen molar-refractivity contribution in [2.45, 2.75) is 12.3 Å². The van der Waals surface area contributed by atoms with E-state index in [1.807, 2.05) is 0 Å². The number of hydrogen-bond acceptors (Lipinski definition) is 6. The van der Waals surface area contributed by atoms with Gasteiger partial charge < -0.3 is 20.5 Å². The minimum Gasteiger partial charge on any atom is -0.490 e. The van der Waals surface area contributed by atoms with Gasteiger partial charge in [0.15, 0.2) is 11.6 Å². The monoisotopic (exact) mass is 304 g/mol. The fourth-order valence-electron chi connectivity index (χ4n) is 1.68. The summed E-state index contributed by atoms with van der Waals surface area (Å²) >= 11 is 0. The number of aliphatic hydroxyl groups excluding tert-OH is 1. The second kappa shape index (κ2) is 6.81. The molecule has 0 heterocycles. The van der Waals surface area contributed by atoms with Crippen molar-refractivity contribution < 1.29 is 24.2 Å². The molecule has 1 rings (SSSR count). The lowest BCUT2D eigenvalue weighted by Crippen LogP contribution is -2.07. The van der Waals surface area contributed by atoms with Crippen LogP contribution in [0.15, 0.2) is 18.2 Å². The molecule has 0 amide bonds. The number of ether oxygens (including phenoxy) is 1. The molecule has 2 unspecified atom stereocenters. The Balaban J connectivity index is 3.10. The van der Waals surface area contributed by atoms with E-state index in [0.29, 0.717) is 0 Å². The van der Waals surface area contributed by atoms with Crippen LogP contribution in [0.4, 0.5) is 5.69 Å². The first-order valence-corrected chi connectivity index (χ1v) is 7.77. The lowest BCUT2D eigenvalue weighted by molar-refractivity contribution is -0.385. The normalized spacial score (nSPS) is 15.4. The zero-order valence-electron chi connectivity index (χ0n) is 10.9. The first kappa shape index (κ1) is 16.6. The van der Waals surface area contributed by atoms with Gasteiger partial charge in [-0.2, -0.15) is 0 Å². The molecule has 0 aromatic heterocycles. The minimum absolute atomic E-state index is 0.000328. The van der Waals surface area contributed by atoms with E-state index in [-0.39, 0.29) is 36.1 Å². The third-order valence-corrected chi connectivity index (χ3v) is 4.78. The van der Waals surface area contributed by atoms with E-state index in [1.54, 1.807) is 0 Å². The van der Waals surface area contributed by atoms with Gasteiger partial charge in [-0.15, -0.1) is 0 Å². The van der Waals surface area contributed by atoms with Crippen LogP contribution in [0.1, 0.15) is 17.8 Å². The number of nitro benzene ring substituents is 1. The molecular formula is C11H17N2O6P. The van der Waals surface area contributed by atoms with Gasteiger partial charge in [-0.1, -0.05) is 6.07 Å². The van der Waals surface area contributed by atoms with Crippen molar-refractivity contribution in [1.82, 2.24) is 0 Å². The molecule has 112 valence electrons. The average molecular weight is 304 g/mol. The minimum atomic E-state index is -3.88. The van der Waals surface area contributed by atoms with E-state index in [1.165, 1.54) is 19.2 Å². The summed E-state index contributed by atoms with van der Waals surface area (Å²) in [5, 5.41) is 20.8. The highest BCUT2D eigenvalue weighted by Gasteiger charge is 2.31. The number of nitrogens with zero attached hydrogens (tertiary/aromatic N) is 1. The van der Waals surface area contributed by atoms with Crippen molar-refractivity contribution in [3.63, 3.8) is 0 Å². The summed E-state index contributed by atoms with van der Waals surface area (Å²) in [5.74, 6) is -1.67. The van der Waals surface area contributed by atoms with Gasteiger partial charge in [-0.3, -0.25) is 14.7 Å². The zero-order valence-corrected chi connectivity index (χ0v) is 11.8. The number of aliphatic hydroxyl groups is 1. The van der Waals surface area contributed by atoms with Gasteiger partial charge in [0.1, 0.15) is 0 Å². The van der Waals surface area contributed by atoms with Crippen molar-refractivity contribution in [1.29, 1.82) is 0 Å². The van der Waals surface area contributed by atoms with E-state index >= 15 is 0 Å². The number of nitro groups is 1. The van der Waals surface area contributed by atoms with Crippen molar-refractivity contribution in [2.24, 2.45) is 5.73 Å². The zero-order chi connectivity index (χ0) is 15.3. The topological polar surface area (TPSA) is 136 Å². The molecule has 0 bridgehead atoms. The molecule has 4 N–H and O–H groups in total. The Morgan fingerprint density at radius 3 is 2.70 bits per heavy atom. The average Bonchev–Trinajstić information content (AvgIpc) is 2.43. The lowest BCUT2D eigenvalue weighted by atomic mass is 10.2. The van der Waals surface area contributed by atoms with Crippen LogP contribution in [-0.2, 0) is 4.57 Å². The smallest absolute Gasteiger partial charge is 0.311 e. The fourth-order valence-corrected chi connectivity index (χ4v) is 3.19. The Hall–Kier alpha value is -1.47. The summed E-state index contributed by atoms with van der Waals surface area (Å²) in [6.07, 6.45) is 0.133. The maximum absolute atomic E-state index is 12.0. The molecular weight excluding hydrogens is 287 g/mol. The molecule has 0 radical (unpaired) electrons. The van der Waals surface area contributed by atoms with Gasteiger partial charge in [-0.05, 0) is 24.6 Å². The standard InChI is InChI=1S/C11H17N2O6P/c1-19-10-4-3-8(7-9(10)13(15)16)11(14)20(17,18)6-2-5-12/h3-4,7,11,14H,2,5-6,12H2,1H3,(H,17,18). The van der Waals surface area contributed by atoms with Gasteiger partial charge >= 0.3 is 5.69 Å². The fraction of sp³-hybridized carbons (Fsp3) is 0.455. The van der Waals surface area contributed by atoms with Crippen molar-refractivity contribution in [2.75, 3.05) is 19.8 Å². The van der Waals surface area contributed by atoms with Crippen LogP contribution in [-0.4, -0.2) is 34.7 Å². The highest BCUT2D eigenvalue weighted by molar-refractivity contribution is 7.58. The Bertz CT molecular complexity index is 536. The maximum Gasteiger partial charge on any atom is 0.311 e. The molecule has 0 aliphatic heterocycles. The summed E-state index contributed by atoms with van der Waals surface area (Å²) in [5.41, 5.74) is 4.88. The van der Waals surface area contributed by atoms with Crippen molar-refractivity contribution in [3.05, 3.63) is 33.9 Å². The third-order valence-electron chi connectivity index (χ3n) is 2.76. The second-order valence-corrected chi connectivity index (χ2v) is 6.63. The molecule has 0 aliphatic carbocycles. The van der Waals surface area contributed by atoms with E-state index in [0.717, 1.165) is 6.07 Å². The van der Waals surface area contributed by atoms with Crippen LogP contribution in [0.2, 0.25) is 0 Å². The van der Waals surface area contributed by atoms with E-state index < -0.39 is 18.1 Å². The van der Waals surface area contributed by atoms with Crippen LogP contribution in [0.25, 0.3) is 0 Å². The Morgan fingerprint density at radius 1 is 1.55 bits per heavy atom. The van der Waals surface area contributed by atoms with Crippen LogP contribution >= 0.6 is 7.37 Å². The molecule has 0 saturated heterocycles. The number of nitrogens with two attached hydrogens (primary N) is 1. The summed E-state index contributed by atoms with van der Waals surface area (Å²) in [4.78, 5) is 20.0. The molecule has 1 aromatic carbocycles. The molecule has 0 fully saturated rings. The number of rotatable bonds is 7.